The highest BCUT2D eigenvalue weighted by Crippen LogP contribution is 2.32. The molecule has 0 radical (unpaired) electrons. The lowest BCUT2D eigenvalue weighted by Gasteiger charge is -2.16. The second-order valence-corrected chi connectivity index (χ2v) is 5.76. The van der Waals surface area contributed by atoms with Crippen LogP contribution in [-0.4, -0.2) is 0 Å². The molecule has 0 aliphatic carbocycles. The number of rotatable bonds is 5. The van der Waals surface area contributed by atoms with Crippen molar-refractivity contribution in [2.75, 3.05) is 5.73 Å². The van der Waals surface area contributed by atoms with Gasteiger partial charge < -0.3 is 11.5 Å². The third-order valence-electron chi connectivity index (χ3n) is 2.64. The molecule has 5 heteroatoms. The maximum atomic E-state index is 6.15. The number of nitrogens with two attached hydrogens (primary N) is 2. The first-order valence-corrected chi connectivity index (χ1v) is 7.14. The molecule has 0 aliphatic rings. The van der Waals surface area contributed by atoms with Crippen LogP contribution >= 0.6 is 44.3 Å². The molecular weight excluding hydrogens is 367 g/mol. The van der Waals surface area contributed by atoms with Crippen molar-refractivity contribution in [1.82, 2.24) is 0 Å². The van der Waals surface area contributed by atoms with Gasteiger partial charge in [0, 0.05) is 15.0 Å². The zero-order chi connectivity index (χ0) is 12.1. The largest absolute Gasteiger partial charge is 0.398 e. The predicted octanol–water partition coefficient (Wildman–Crippen LogP) is 4.80. The van der Waals surface area contributed by atoms with Gasteiger partial charge in [0.05, 0.1) is 5.69 Å². The molecule has 2 nitrogen and oxygen atoms in total. The fraction of sp³-hybridized carbons (Fsp3) is 0.500. The fourth-order valence-electron chi connectivity index (χ4n) is 1.68. The minimum absolute atomic E-state index is 0. The zero-order valence-electron chi connectivity index (χ0n) is 9.88. The van der Waals surface area contributed by atoms with Crippen molar-refractivity contribution in [2.24, 2.45) is 5.73 Å². The Morgan fingerprint density at radius 3 is 2.47 bits per heavy atom. The van der Waals surface area contributed by atoms with Crippen molar-refractivity contribution in [3.05, 3.63) is 26.6 Å². The number of benzene rings is 1. The second kappa shape index (κ2) is 8.35. The fourth-order valence-corrected chi connectivity index (χ4v) is 2.94. The quantitative estimate of drug-likeness (QED) is 0.564. The molecule has 0 bridgehead atoms. The average Bonchev–Trinajstić information content (AvgIpc) is 2.23. The van der Waals surface area contributed by atoms with E-state index in [2.05, 4.69) is 38.8 Å². The van der Waals surface area contributed by atoms with Crippen LogP contribution in [-0.2, 0) is 0 Å². The number of hydrogen-bond donors (Lipinski definition) is 2. The van der Waals surface area contributed by atoms with E-state index < -0.39 is 0 Å². The van der Waals surface area contributed by atoms with Crippen molar-refractivity contribution in [1.29, 1.82) is 0 Å². The van der Waals surface area contributed by atoms with Crippen molar-refractivity contribution >= 4 is 50.0 Å². The molecule has 0 amide bonds. The Morgan fingerprint density at radius 2 is 1.88 bits per heavy atom. The van der Waals surface area contributed by atoms with E-state index in [-0.39, 0.29) is 18.4 Å². The van der Waals surface area contributed by atoms with Crippen molar-refractivity contribution < 1.29 is 0 Å². The summed E-state index contributed by atoms with van der Waals surface area (Å²) in [6, 6.07) is 3.98. The predicted molar refractivity (Wildman–Crippen MR) is 84.6 cm³/mol. The minimum atomic E-state index is 0. The monoisotopic (exact) mass is 384 g/mol. The molecule has 1 aromatic carbocycles. The number of hydrogen-bond acceptors (Lipinski definition) is 2. The van der Waals surface area contributed by atoms with E-state index in [0.717, 1.165) is 33.0 Å². The molecule has 0 saturated heterocycles. The summed E-state index contributed by atoms with van der Waals surface area (Å²) in [6.45, 7) is 2.19. The maximum absolute atomic E-state index is 6.15. The summed E-state index contributed by atoms with van der Waals surface area (Å²) in [7, 11) is 0. The molecule has 0 spiro atoms. The molecule has 0 aromatic heterocycles. The van der Waals surface area contributed by atoms with Crippen LogP contribution in [0.1, 0.15) is 44.2 Å². The summed E-state index contributed by atoms with van der Waals surface area (Å²) in [5.41, 5.74) is 13.9. The minimum Gasteiger partial charge on any atom is -0.398 e. The van der Waals surface area contributed by atoms with Crippen molar-refractivity contribution in [2.45, 2.75) is 38.6 Å². The topological polar surface area (TPSA) is 52.0 Å². The Labute approximate surface area is 126 Å². The molecule has 0 unspecified atom stereocenters. The van der Waals surface area contributed by atoms with E-state index in [9.17, 15) is 0 Å². The van der Waals surface area contributed by atoms with Crippen LogP contribution in [0.3, 0.4) is 0 Å². The molecule has 98 valence electrons. The molecule has 0 heterocycles. The molecule has 1 atom stereocenters. The van der Waals surface area contributed by atoms with E-state index in [0.29, 0.717) is 0 Å². The number of nitrogen functional groups attached to an aromatic ring is 1. The van der Waals surface area contributed by atoms with E-state index in [1.807, 2.05) is 12.1 Å². The van der Waals surface area contributed by atoms with Crippen LogP contribution in [0.2, 0.25) is 0 Å². The zero-order valence-corrected chi connectivity index (χ0v) is 13.9. The van der Waals surface area contributed by atoms with Crippen LogP contribution in [0.25, 0.3) is 0 Å². The van der Waals surface area contributed by atoms with E-state index >= 15 is 0 Å². The van der Waals surface area contributed by atoms with Gasteiger partial charge in [-0.3, -0.25) is 0 Å². The highest BCUT2D eigenvalue weighted by atomic mass is 79.9. The molecule has 0 saturated carbocycles. The normalized spacial score (nSPS) is 12.0. The van der Waals surface area contributed by atoms with Gasteiger partial charge in [0.15, 0.2) is 0 Å². The third-order valence-corrected chi connectivity index (χ3v) is 3.76. The lowest BCUT2D eigenvalue weighted by atomic mass is 10.00. The van der Waals surface area contributed by atoms with Gasteiger partial charge in [-0.15, -0.1) is 12.4 Å². The molecule has 17 heavy (non-hydrogen) atoms. The first kappa shape index (κ1) is 17.2. The maximum Gasteiger partial charge on any atom is 0.0507 e. The van der Waals surface area contributed by atoms with Gasteiger partial charge >= 0.3 is 0 Å². The average molecular weight is 387 g/mol. The van der Waals surface area contributed by atoms with Gasteiger partial charge in [-0.2, -0.15) is 0 Å². The van der Waals surface area contributed by atoms with Gasteiger partial charge in [0.25, 0.3) is 0 Å². The van der Waals surface area contributed by atoms with Crippen LogP contribution in [0.4, 0.5) is 5.69 Å². The molecule has 1 rings (SSSR count). The molecule has 4 N–H and O–H groups in total. The van der Waals surface area contributed by atoms with Gasteiger partial charge in [0.2, 0.25) is 0 Å². The highest BCUT2D eigenvalue weighted by molar-refractivity contribution is 9.11. The summed E-state index contributed by atoms with van der Waals surface area (Å²) < 4.78 is 1.91. The van der Waals surface area contributed by atoms with Crippen LogP contribution < -0.4 is 11.5 Å². The van der Waals surface area contributed by atoms with Gasteiger partial charge in [-0.1, -0.05) is 42.1 Å². The number of halogens is 3. The number of unbranched alkanes of at least 4 members (excludes halogenated alkanes) is 2. The second-order valence-electron chi connectivity index (χ2n) is 3.99. The molecular formula is C12H19Br2ClN2. The van der Waals surface area contributed by atoms with Crippen molar-refractivity contribution in [3.63, 3.8) is 0 Å². The molecule has 0 aliphatic heterocycles. The van der Waals surface area contributed by atoms with Gasteiger partial charge in [-0.25, -0.2) is 0 Å². The summed E-state index contributed by atoms with van der Waals surface area (Å²) in [4.78, 5) is 0. The van der Waals surface area contributed by atoms with Gasteiger partial charge in [0.1, 0.15) is 0 Å². The smallest absolute Gasteiger partial charge is 0.0507 e. The van der Waals surface area contributed by atoms with E-state index in [4.69, 9.17) is 11.5 Å². The number of anilines is 1. The Hall–Kier alpha value is 0.230. The van der Waals surface area contributed by atoms with Gasteiger partial charge in [-0.05, 0) is 40.0 Å². The lowest BCUT2D eigenvalue weighted by Crippen LogP contribution is -2.12. The highest BCUT2D eigenvalue weighted by Gasteiger charge is 2.12. The standard InChI is InChI=1S/C12H18Br2N2.ClH/c1-2-3-4-5-11(15)9-6-8(13)7-10(14)12(9)16;/h6-7,11H,2-5,15-16H2,1H3;1H/t11-;/m1./s1. The Morgan fingerprint density at radius 1 is 1.24 bits per heavy atom. The molecule has 1 aromatic rings. The van der Waals surface area contributed by atoms with Crippen LogP contribution in [0.5, 0.6) is 0 Å². The summed E-state index contributed by atoms with van der Waals surface area (Å²) in [5.74, 6) is 0. The van der Waals surface area contributed by atoms with E-state index in [1.54, 1.807) is 0 Å². The summed E-state index contributed by atoms with van der Waals surface area (Å²) in [5, 5.41) is 0. The SMILES string of the molecule is CCCCC[C@@H](N)c1cc(Br)cc(Br)c1N.Cl. The summed E-state index contributed by atoms with van der Waals surface area (Å²) >= 11 is 6.89. The Kier molecular flexibility index (Phi) is 8.47. The van der Waals surface area contributed by atoms with E-state index in [1.165, 1.54) is 12.8 Å². The Bertz CT molecular complexity index is 359. The summed E-state index contributed by atoms with van der Waals surface area (Å²) in [6.07, 6.45) is 4.58. The first-order valence-electron chi connectivity index (χ1n) is 5.56. The van der Waals surface area contributed by atoms with Crippen LogP contribution in [0.15, 0.2) is 21.1 Å². The first-order chi connectivity index (χ1) is 7.56. The molecule has 0 fully saturated rings. The van der Waals surface area contributed by atoms with Crippen molar-refractivity contribution in [3.8, 4) is 0 Å². The Balaban J connectivity index is 0.00000256. The van der Waals surface area contributed by atoms with Crippen LogP contribution in [0, 0.1) is 0 Å². The third kappa shape index (κ3) is 5.16. The lowest BCUT2D eigenvalue weighted by molar-refractivity contribution is 0.582.